The second-order valence-corrected chi connectivity index (χ2v) is 6.93. The number of ether oxygens (including phenoxy) is 2. The number of Topliss-reactive ketones (excluding diaryl/α,β-unsaturated/α-hetero) is 1. The molecule has 3 rings (SSSR count). The van der Waals surface area contributed by atoms with Gasteiger partial charge in [0.05, 0.1) is 29.7 Å². The fraction of sp³-hybridized carbons (Fsp3) is 0.250. The average Bonchev–Trinajstić information content (AvgIpc) is 2.73. The van der Waals surface area contributed by atoms with Gasteiger partial charge >= 0.3 is 11.9 Å². The summed E-state index contributed by atoms with van der Waals surface area (Å²) in [6.07, 6.45) is 0. The van der Waals surface area contributed by atoms with E-state index >= 15 is 0 Å². The van der Waals surface area contributed by atoms with Crippen LogP contribution in [0.2, 0.25) is 0 Å². The van der Waals surface area contributed by atoms with Crippen molar-refractivity contribution in [2.75, 3.05) is 13.2 Å². The van der Waals surface area contributed by atoms with Crippen molar-refractivity contribution in [3.05, 3.63) is 68.9 Å². The van der Waals surface area contributed by atoms with E-state index in [1.165, 1.54) is 25.1 Å². The SMILES string of the molecule is CCOC(=O)c1cc(C(=O)OCC)cc(-c2oc3ccc(C)cc3c(=O)c2C(C)=O)c1. The molecule has 0 amide bonds. The number of fused-ring (bicyclic) bond motifs is 1. The molecule has 0 radical (unpaired) electrons. The molecule has 7 heteroatoms. The first-order valence-corrected chi connectivity index (χ1v) is 9.84. The summed E-state index contributed by atoms with van der Waals surface area (Å²) >= 11 is 0. The van der Waals surface area contributed by atoms with Crippen LogP contribution in [0, 0.1) is 6.92 Å². The van der Waals surface area contributed by atoms with Gasteiger partial charge in [-0.25, -0.2) is 9.59 Å². The summed E-state index contributed by atoms with van der Waals surface area (Å²) < 4.78 is 16.0. The van der Waals surface area contributed by atoms with E-state index in [0.29, 0.717) is 0 Å². The Balaban J connectivity index is 2.34. The van der Waals surface area contributed by atoms with Crippen molar-refractivity contribution in [3.63, 3.8) is 0 Å². The smallest absolute Gasteiger partial charge is 0.338 e. The number of rotatable bonds is 6. The lowest BCUT2D eigenvalue weighted by Gasteiger charge is -2.12. The summed E-state index contributed by atoms with van der Waals surface area (Å²) in [5.74, 6) is -1.83. The molecule has 0 aliphatic heterocycles. The third-order valence-corrected chi connectivity index (χ3v) is 4.62. The summed E-state index contributed by atoms with van der Waals surface area (Å²) in [5.41, 5.74) is 0.858. The van der Waals surface area contributed by atoms with E-state index in [0.717, 1.165) is 5.56 Å². The zero-order valence-corrected chi connectivity index (χ0v) is 17.7. The quantitative estimate of drug-likeness (QED) is 0.431. The van der Waals surface area contributed by atoms with Crippen molar-refractivity contribution in [3.8, 4) is 11.3 Å². The molecule has 0 saturated heterocycles. The Hall–Kier alpha value is -3.74. The molecule has 0 unspecified atom stereocenters. The van der Waals surface area contributed by atoms with Crippen LogP contribution < -0.4 is 5.43 Å². The highest BCUT2D eigenvalue weighted by Gasteiger charge is 2.23. The first-order chi connectivity index (χ1) is 14.8. The molecule has 1 aromatic heterocycles. The van der Waals surface area contributed by atoms with Gasteiger partial charge < -0.3 is 13.9 Å². The summed E-state index contributed by atoms with van der Waals surface area (Å²) in [6, 6.07) is 9.26. The van der Waals surface area contributed by atoms with Gasteiger partial charge in [0, 0.05) is 5.56 Å². The summed E-state index contributed by atoms with van der Waals surface area (Å²) in [6.45, 7) is 6.69. The van der Waals surface area contributed by atoms with Gasteiger partial charge in [-0.1, -0.05) is 11.6 Å². The second-order valence-electron chi connectivity index (χ2n) is 6.93. The lowest BCUT2D eigenvalue weighted by atomic mass is 9.98. The van der Waals surface area contributed by atoms with E-state index in [9.17, 15) is 19.2 Å². The minimum Gasteiger partial charge on any atom is -0.462 e. The molecule has 2 aromatic carbocycles. The van der Waals surface area contributed by atoms with Crippen LogP contribution in [0.25, 0.3) is 22.3 Å². The molecule has 160 valence electrons. The summed E-state index contributed by atoms with van der Waals surface area (Å²) in [5, 5.41) is 0.279. The van der Waals surface area contributed by atoms with Crippen LogP contribution in [0.4, 0.5) is 0 Å². The van der Waals surface area contributed by atoms with Crippen LogP contribution in [-0.2, 0) is 9.47 Å². The van der Waals surface area contributed by atoms with E-state index in [2.05, 4.69) is 0 Å². The first kappa shape index (κ1) is 22.0. The lowest BCUT2D eigenvalue weighted by molar-refractivity contribution is 0.0525. The van der Waals surface area contributed by atoms with E-state index < -0.39 is 23.2 Å². The highest BCUT2D eigenvalue weighted by atomic mass is 16.5. The normalized spacial score (nSPS) is 10.7. The molecule has 31 heavy (non-hydrogen) atoms. The maximum atomic E-state index is 13.1. The maximum absolute atomic E-state index is 13.1. The van der Waals surface area contributed by atoms with Gasteiger partial charge in [-0.3, -0.25) is 9.59 Å². The van der Waals surface area contributed by atoms with Gasteiger partial charge in [0.25, 0.3) is 0 Å². The number of esters is 2. The number of carbonyl (C=O) groups is 3. The Bertz CT molecular complexity index is 1210. The van der Waals surface area contributed by atoms with Crippen LogP contribution >= 0.6 is 0 Å². The molecule has 1 heterocycles. The monoisotopic (exact) mass is 422 g/mol. The molecule has 0 aliphatic carbocycles. The van der Waals surface area contributed by atoms with E-state index in [1.807, 2.05) is 6.92 Å². The van der Waals surface area contributed by atoms with Crippen LogP contribution in [0.15, 0.2) is 45.6 Å². The van der Waals surface area contributed by atoms with Crippen LogP contribution in [0.5, 0.6) is 0 Å². The second kappa shape index (κ2) is 8.95. The largest absolute Gasteiger partial charge is 0.462 e. The number of aryl methyl sites for hydroxylation is 1. The minimum absolute atomic E-state index is 0.0226. The summed E-state index contributed by atoms with van der Waals surface area (Å²) in [4.78, 5) is 50.2. The molecule has 3 aromatic rings. The number of carbonyl (C=O) groups excluding carboxylic acids is 3. The highest BCUT2D eigenvalue weighted by molar-refractivity contribution is 6.04. The van der Waals surface area contributed by atoms with Crippen molar-refractivity contribution in [2.45, 2.75) is 27.7 Å². The number of hydrogen-bond acceptors (Lipinski definition) is 7. The minimum atomic E-state index is -0.655. The van der Waals surface area contributed by atoms with Crippen molar-refractivity contribution in [2.24, 2.45) is 0 Å². The number of ketones is 1. The fourth-order valence-electron chi connectivity index (χ4n) is 3.26. The Morgan fingerprint density at radius 2 is 1.48 bits per heavy atom. The Morgan fingerprint density at radius 1 is 0.903 bits per heavy atom. The van der Waals surface area contributed by atoms with Gasteiger partial charge in [0.1, 0.15) is 16.9 Å². The van der Waals surface area contributed by atoms with Gasteiger partial charge in [-0.15, -0.1) is 0 Å². The Kier molecular flexibility index (Phi) is 6.34. The Morgan fingerprint density at radius 3 is 2.00 bits per heavy atom. The van der Waals surface area contributed by atoms with E-state index in [-0.39, 0.29) is 52.2 Å². The average molecular weight is 422 g/mol. The first-order valence-electron chi connectivity index (χ1n) is 9.84. The lowest BCUT2D eigenvalue weighted by Crippen LogP contribution is -2.16. The van der Waals surface area contributed by atoms with E-state index in [4.69, 9.17) is 13.9 Å². The zero-order valence-electron chi connectivity index (χ0n) is 17.7. The third kappa shape index (κ3) is 4.40. The summed E-state index contributed by atoms with van der Waals surface area (Å²) in [7, 11) is 0. The third-order valence-electron chi connectivity index (χ3n) is 4.62. The topological polar surface area (TPSA) is 99.9 Å². The molecule has 0 N–H and O–H groups in total. The molecule has 0 atom stereocenters. The number of benzene rings is 2. The Labute approximate surface area is 178 Å². The predicted molar refractivity (Wildman–Crippen MR) is 115 cm³/mol. The van der Waals surface area contributed by atoms with Gasteiger partial charge in [0.15, 0.2) is 5.78 Å². The molecule has 7 nitrogen and oxygen atoms in total. The van der Waals surface area contributed by atoms with Crippen LogP contribution in [0.3, 0.4) is 0 Å². The van der Waals surface area contributed by atoms with Crippen LogP contribution in [0.1, 0.15) is 57.4 Å². The molecule has 0 saturated carbocycles. The van der Waals surface area contributed by atoms with Crippen LogP contribution in [-0.4, -0.2) is 30.9 Å². The molecular formula is C24H22O7. The molecule has 0 aliphatic rings. The molecule has 0 bridgehead atoms. The van der Waals surface area contributed by atoms with Crippen molar-refractivity contribution in [1.29, 1.82) is 0 Å². The fourth-order valence-corrected chi connectivity index (χ4v) is 3.26. The van der Waals surface area contributed by atoms with Gasteiger partial charge in [-0.2, -0.15) is 0 Å². The van der Waals surface area contributed by atoms with Crippen molar-refractivity contribution < 1.29 is 28.3 Å². The molecule has 0 spiro atoms. The predicted octanol–water partition coefficient (Wildman–Crippen LogP) is 4.32. The van der Waals surface area contributed by atoms with Gasteiger partial charge in [0.2, 0.25) is 5.43 Å². The number of hydrogen-bond donors (Lipinski definition) is 0. The van der Waals surface area contributed by atoms with Crippen molar-refractivity contribution >= 4 is 28.7 Å². The molecular weight excluding hydrogens is 400 g/mol. The van der Waals surface area contributed by atoms with Gasteiger partial charge in [-0.05, 0) is 58.0 Å². The standard InChI is InChI=1S/C24H22O7/c1-5-29-23(27)16-10-15(11-17(12-16)24(28)30-6-2)22-20(14(4)25)21(26)18-9-13(3)7-8-19(18)31-22/h7-12H,5-6H2,1-4H3. The van der Waals surface area contributed by atoms with Crippen molar-refractivity contribution in [1.82, 2.24) is 0 Å². The van der Waals surface area contributed by atoms with E-state index in [1.54, 1.807) is 32.0 Å². The zero-order chi connectivity index (χ0) is 22.7. The molecule has 0 fully saturated rings. The highest BCUT2D eigenvalue weighted by Crippen LogP contribution is 2.29. The maximum Gasteiger partial charge on any atom is 0.338 e.